The highest BCUT2D eigenvalue weighted by atomic mass is 19.4. The maximum Gasteiger partial charge on any atom is 0.416 e. The molecule has 1 aliphatic heterocycles. The molecular weight excluding hydrogens is 349 g/mol. The summed E-state index contributed by atoms with van der Waals surface area (Å²) in [5, 5.41) is 5.25. The average Bonchev–Trinajstić information content (AvgIpc) is 2.55. The molecule has 26 heavy (non-hydrogen) atoms. The minimum absolute atomic E-state index is 0.207. The van der Waals surface area contributed by atoms with Gasteiger partial charge < -0.3 is 15.4 Å². The summed E-state index contributed by atoms with van der Waals surface area (Å²) in [6, 6.07) is 9.34. The van der Waals surface area contributed by atoms with E-state index in [2.05, 4.69) is 10.6 Å². The normalized spacial score (nSPS) is 16.3. The molecule has 136 valence electrons. The van der Waals surface area contributed by atoms with Crippen molar-refractivity contribution in [1.82, 2.24) is 0 Å². The first-order chi connectivity index (χ1) is 12.2. The van der Waals surface area contributed by atoms with Gasteiger partial charge in [0.25, 0.3) is 5.91 Å². The molecule has 3 rings (SSSR count). The number of nitrogens with one attached hydrogen (secondary N) is 2. The molecule has 2 N–H and O–H groups in total. The lowest BCUT2D eigenvalue weighted by Crippen LogP contribution is -2.34. The summed E-state index contributed by atoms with van der Waals surface area (Å²) >= 11 is 0. The maximum absolute atomic E-state index is 12.7. The second kappa shape index (κ2) is 6.70. The largest absolute Gasteiger partial charge is 0.479 e. The number of ether oxygens (including phenoxy) is 1. The molecule has 0 radical (unpaired) electrons. The fourth-order valence-corrected chi connectivity index (χ4v) is 2.53. The van der Waals surface area contributed by atoms with E-state index in [0.29, 0.717) is 17.1 Å². The molecule has 0 aliphatic carbocycles. The van der Waals surface area contributed by atoms with Crippen molar-refractivity contribution >= 4 is 23.2 Å². The number of carbonyl (C=O) groups is 2. The SMILES string of the molecule is CC1Oc2ccc(NC(=O)Cc3cccc(C(F)(F)F)c3)cc2NC1=O. The highest BCUT2D eigenvalue weighted by Crippen LogP contribution is 2.32. The van der Waals surface area contributed by atoms with Gasteiger partial charge >= 0.3 is 6.18 Å². The zero-order chi connectivity index (χ0) is 18.9. The van der Waals surface area contributed by atoms with Crippen LogP contribution in [-0.4, -0.2) is 17.9 Å². The fourth-order valence-electron chi connectivity index (χ4n) is 2.53. The lowest BCUT2D eigenvalue weighted by molar-refractivity contribution is -0.137. The summed E-state index contributed by atoms with van der Waals surface area (Å²) in [5.74, 6) is -0.293. The molecular formula is C18H15F3N2O3. The Labute approximate surface area is 147 Å². The second-order valence-corrected chi connectivity index (χ2v) is 5.88. The first-order valence-electron chi connectivity index (χ1n) is 7.80. The zero-order valence-electron chi connectivity index (χ0n) is 13.7. The minimum Gasteiger partial charge on any atom is -0.479 e. The van der Waals surface area contributed by atoms with Crippen molar-refractivity contribution < 1.29 is 27.5 Å². The Hall–Kier alpha value is -3.03. The van der Waals surface area contributed by atoms with Gasteiger partial charge in [0, 0.05) is 5.69 Å². The van der Waals surface area contributed by atoms with E-state index < -0.39 is 23.8 Å². The lowest BCUT2D eigenvalue weighted by atomic mass is 10.1. The zero-order valence-corrected chi connectivity index (χ0v) is 13.7. The smallest absolute Gasteiger partial charge is 0.416 e. The average molecular weight is 364 g/mol. The first kappa shape index (κ1) is 17.8. The highest BCUT2D eigenvalue weighted by molar-refractivity contribution is 5.99. The van der Waals surface area contributed by atoms with Crippen molar-refractivity contribution in [3.63, 3.8) is 0 Å². The van der Waals surface area contributed by atoms with Gasteiger partial charge in [0.15, 0.2) is 6.10 Å². The van der Waals surface area contributed by atoms with Crippen molar-refractivity contribution in [1.29, 1.82) is 0 Å². The molecule has 5 nitrogen and oxygen atoms in total. The summed E-state index contributed by atoms with van der Waals surface area (Å²) in [4.78, 5) is 23.7. The summed E-state index contributed by atoms with van der Waals surface area (Å²) in [5.41, 5.74) is 0.274. The van der Waals surface area contributed by atoms with Crippen LogP contribution in [0.4, 0.5) is 24.5 Å². The van der Waals surface area contributed by atoms with E-state index in [0.717, 1.165) is 12.1 Å². The number of carbonyl (C=O) groups excluding carboxylic acids is 2. The lowest BCUT2D eigenvalue weighted by Gasteiger charge is -2.23. The predicted molar refractivity (Wildman–Crippen MR) is 88.9 cm³/mol. The Morgan fingerprint density at radius 3 is 2.73 bits per heavy atom. The summed E-state index contributed by atoms with van der Waals surface area (Å²) in [6.07, 6.45) is -5.27. The fraction of sp³-hybridized carbons (Fsp3) is 0.222. The molecule has 0 bridgehead atoms. The van der Waals surface area contributed by atoms with Gasteiger partial charge in [-0.1, -0.05) is 18.2 Å². The van der Waals surface area contributed by atoms with Crippen LogP contribution in [0.15, 0.2) is 42.5 Å². The number of rotatable bonds is 3. The molecule has 1 heterocycles. The van der Waals surface area contributed by atoms with Crippen LogP contribution >= 0.6 is 0 Å². The molecule has 1 unspecified atom stereocenters. The van der Waals surface area contributed by atoms with E-state index >= 15 is 0 Å². The van der Waals surface area contributed by atoms with Crippen LogP contribution in [0, 0.1) is 0 Å². The number of alkyl halides is 3. The molecule has 0 spiro atoms. The van der Waals surface area contributed by atoms with Gasteiger partial charge in [0.1, 0.15) is 5.75 Å². The van der Waals surface area contributed by atoms with Crippen LogP contribution in [0.25, 0.3) is 0 Å². The van der Waals surface area contributed by atoms with E-state index in [1.807, 2.05) is 0 Å². The molecule has 1 aliphatic rings. The van der Waals surface area contributed by atoms with E-state index in [4.69, 9.17) is 4.74 Å². The number of amides is 2. The van der Waals surface area contributed by atoms with E-state index in [1.165, 1.54) is 18.2 Å². The summed E-state index contributed by atoms with van der Waals surface area (Å²) in [6.45, 7) is 1.61. The Balaban J connectivity index is 1.69. The quantitative estimate of drug-likeness (QED) is 0.874. The van der Waals surface area contributed by atoms with Crippen LogP contribution < -0.4 is 15.4 Å². The third-order valence-electron chi connectivity index (χ3n) is 3.81. The first-order valence-corrected chi connectivity index (χ1v) is 7.80. The van der Waals surface area contributed by atoms with Crippen LogP contribution in [0.5, 0.6) is 5.75 Å². The second-order valence-electron chi connectivity index (χ2n) is 5.88. The van der Waals surface area contributed by atoms with Gasteiger partial charge in [0.2, 0.25) is 5.91 Å². The number of halogens is 3. The third-order valence-corrected chi connectivity index (χ3v) is 3.81. The number of hydrogen-bond acceptors (Lipinski definition) is 3. The van der Waals surface area contributed by atoms with Gasteiger partial charge in [-0.25, -0.2) is 0 Å². The van der Waals surface area contributed by atoms with Crippen molar-refractivity contribution in [2.45, 2.75) is 25.6 Å². The standard InChI is InChI=1S/C18H15F3N2O3/c1-10-17(25)23-14-9-13(5-6-15(14)26-10)22-16(24)8-11-3-2-4-12(7-11)18(19,20)21/h2-7,9-10H,8H2,1H3,(H,22,24)(H,23,25). The molecule has 2 aromatic rings. The molecule has 8 heteroatoms. The molecule has 1 atom stereocenters. The third kappa shape index (κ3) is 3.96. The van der Waals surface area contributed by atoms with Gasteiger partial charge in [-0.15, -0.1) is 0 Å². The number of anilines is 2. The molecule has 2 amide bonds. The number of hydrogen-bond donors (Lipinski definition) is 2. The van der Waals surface area contributed by atoms with Gasteiger partial charge in [-0.05, 0) is 36.8 Å². The molecule has 0 fully saturated rings. The van der Waals surface area contributed by atoms with Crippen molar-refractivity contribution in [2.75, 3.05) is 10.6 Å². The number of fused-ring (bicyclic) bond motifs is 1. The van der Waals surface area contributed by atoms with Crippen LogP contribution in [0.1, 0.15) is 18.1 Å². The molecule has 2 aromatic carbocycles. The topological polar surface area (TPSA) is 67.4 Å². The van der Waals surface area contributed by atoms with Gasteiger partial charge in [-0.3, -0.25) is 9.59 Å². The minimum atomic E-state index is -4.46. The monoisotopic (exact) mass is 364 g/mol. The maximum atomic E-state index is 12.7. The van der Waals surface area contributed by atoms with Crippen molar-refractivity contribution in [3.05, 3.63) is 53.6 Å². The van der Waals surface area contributed by atoms with Crippen LogP contribution in [0.3, 0.4) is 0 Å². The Morgan fingerprint density at radius 1 is 1.23 bits per heavy atom. The van der Waals surface area contributed by atoms with Crippen LogP contribution in [-0.2, 0) is 22.2 Å². The molecule has 0 aromatic heterocycles. The predicted octanol–water partition coefficient (Wildman–Crippen LogP) is 3.61. The van der Waals surface area contributed by atoms with Crippen molar-refractivity contribution in [2.24, 2.45) is 0 Å². The highest BCUT2D eigenvalue weighted by Gasteiger charge is 2.30. The Kier molecular flexibility index (Phi) is 4.58. The van der Waals surface area contributed by atoms with Gasteiger partial charge in [-0.2, -0.15) is 13.2 Å². The van der Waals surface area contributed by atoms with E-state index in [9.17, 15) is 22.8 Å². The molecule has 0 saturated carbocycles. The van der Waals surface area contributed by atoms with Gasteiger partial charge in [0.05, 0.1) is 17.7 Å². The summed E-state index contributed by atoms with van der Waals surface area (Å²) in [7, 11) is 0. The van der Waals surface area contributed by atoms with E-state index in [1.54, 1.807) is 19.1 Å². The Bertz CT molecular complexity index is 865. The number of benzene rings is 2. The van der Waals surface area contributed by atoms with Crippen LogP contribution in [0.2, 0.25) is 0 Å². The van der Waals surface area contributed by atoms with E-state index in [-0.39, 0.29) is 17.9 Å². The van der Waals surface area contributed by atoms with Crippen molar-refractivity contribution in [3.8, 4) is 5.75 Å². The molecule has 0 saturated heterocycles. The summed E-state index contributed by atoms with van der Waals surface area (Å²) < 4.78 is 43.6. The Morgan fingerprint density at radius 2 is 2.00 bits per heavy atom.